The van der Waals surface area contributed by atoms with E-state index in [2.05, 4.69) is 320 Å². The number of hydrogen-bond acceptors (Lipinski definition) is 3. The Morgan fingerprint density at radius 1 is 0.373 bits per heavy atom. The number of hydrogen-bond donors (Lipinski definition) is 0. The number of aryl methyl sites for hydroxylation is 1. The third-order valence-electron chi connectivity index (χ3n) is 19.6. The van der Waals surface area contributed by atoms with E-state index in [1.54, 1.807) is 0 Å². The summed E-state index contributed by atoms with van der Waals surface area (Å²) in [5.41, 5.74) is 27.0. The van der Waals surface area contributed by atoms with E-state index in [9.17, 15) is 0 Å². The fourth-order valence-electron chi connectivity index (χ4n) is 14.9. The summed E-state index contributed by atoms with van der Waals surface area (Å²) in [6, 6.07) is 76.7. The topological polar surface area (TPSA) is 9.72 Å². The van der Waals surface area contributed by atoms with E-state index >= 15 is 0 Å². The summed E-state index contributed by atoms with van der Waals surface area (Å²) in [6.07, 6.45) is 1.97. The van der Waals surface area contributed by atoms with Crippen LogP contribution in [0.2, 0.25) is 0 Å². The van der Waals surface area contributed by atoms with E-state index < -0.39 is 11.0 Å². The molecule has 3 aliphatic heterocycles. The van der Waals surface area contributed by atoms with Crippen molar-refractivity contribution in [3.8, 4) is 11.1 Å². The molecule has 0 bridgehead atoms. The lowest BCUT2D eigenvalue weighted by Gasteiger charge is -2.53. The summed E-state index contributed by atoms with van der Waals surface area (Å²) in [4.78, 5) is 8.19. The van der Waals surface area contributed by atoms with Gasteiger partial charge in [-0.3, -0.25) is 0 Å². The van der Waals surface area contributed by atoms with Gasteiger partial charge in [-0.2, -0.15) is 0 Å². The van der Waals surface area contributed by atoms with Crippen molar-refractivity contribution in [1.82, 2.24) is 0 Å². The summed E-state index contributed by atoms with van der Waals surface area (Å²) in [6.45, 7) is 37.9. The van der Waals surface area contributed by atoms with Gasteiger partial charge in [-0.1, -0.05) is 243 Å². The van der Waals surface area contributed by atoms with Crippen molar-refractivity contribution in [3.05, 3.63) is 244 Å². The van der Waals surface area contributed by atoms with Crippen LogP contribution in [-0.2, 0) is 44.4 Å². The number of fused-ring (bicyclic) bond motifs is 9. The molecule has 2 unspecified atom stereocenters. The Hall–Kier alpha value is -7.56. The van der Waals surface area contributed by atoms with Gasteiger partial charge < -0.3 is 14.7 Å². The van der Waals surface area contributed by atoms with Crippen molar-refractivity contribution in [2.75, 3.05) is 14.7 Å². The molecule has 9 aromatic rings. The predicted molar refractivity (Wildman–Crippen MR) is 357 cm³/mol. The van der Waals surface area contributed by atoms with Crippen molar-refractivity contribution >= 4 is 68.6 Å². The lowest BCUT2D eigenvalue weighted by atomic mass is 9.33. The van der Waals surface area contributed by atoms with Gasteiger partial charge in [0.15, 0.2) is 0 Å². The van der Waals surface area contributed by atoms with Gasteiger partial charge >= 0.3 is 0 Å². The Balaban J connectivity index is 1.22. The highest BCUT2D eigenvalue weighted by atomic mass is 15.3. The van der Waals surface area contributed by atoms with Gasteiger partial charge in [-0.05, 0) is 173 Å². The second kappa shape index (κ2) is 18.7. The van der Waals surface area contributed by atoms with Crippen LogP contribution in [0.5, 0.6) is 0 Å². The molecule has 0 aromatic heterocycles. The molecular formula is C79H84BN3. The molecule has 4 aliphatic rings. The van der Waals surface area contributed by atoms with Gasteiger partial charge in [0.25, 0.3) is 6.71 Å². The highest BCUT2D eigenvalue weighted by Gasteiger charge is 2.63. The van der Waals surface area contributed by atoms with E-state index in [1.807, 2.05) is 0 Å². The van der Waals surface area contributed by atoms with Crippen molar-refractivity contribution in [2.24, 2.45) is 0 Å². The first-order chi connectivity index (χ1) is 39.2. The van der Waals surface area contributed by atoms with Crippen molar-refractivity contribution in [1.29, 1.82) is 0 Å². The molecule has 0 saturated carbocycles. The Morgan fingerprint density at radius 2 is 0.904 bits per heavy atom. The maximum absolute atomic E-state index is 2.83. The third-order valence-corrected chi connectivity index (χ3v) is 19.6. The number of benzene rings is 9. The van der Waals surface area contributed by atoms with E-state index in [-0.39, 0.29) is 33.8 Å². The van der Waals surface area contributed by atoms with Crippen LogP contribution in [-0.4, -0.2) is 6.71 Å². The highest BCUT2D eigenvalue weighted by molar-refractivity contribution is 7.00. The second-order valence-corrected chi connectivity index (χ2v) is 30.0. The molecule has 13 rings (SSSR count). The standard InChI is InChI=1S/C79H84BN3/c1-73(2,3)54-31-25-32-59(44-54)81-69-48-58(77(13,14)15)34-38-64(69)80-65-47-57(76(10,11)12)37-41-68(65)82(66-39-35-55(74(4,5)6)45-61(66)51-26-19-17-20-27-51)71-50-60(49-70(81)72(71)80)83-67-40-36-56(75(7,8)9)46-63(67)79(53-29-21-18-22-30-53)43-42-52-28-23-24-33-62(52)78(79,83)16/h17-41,44-50H,42-43H2,1-16H3. The third kappa shape index (κ3) is 8.50. The Morgan fingerprint density at radius 3 is 1.55 bits per heavy atom. The maximum Gasteiger partial charge on any atom is 0.252 e. The SMILES string of the molecule is CC(C)(C)c1cccc(N2c3cc(C(C)(C)C)ccc3B3c4cc(C(C)(C)C)ccc4N(c4ccc(C(C)(C)C)cc4-c4ccccc4)c4cc(N5c6ccc(C(C)(C)C)cc6C6(c7ccccc7)CCc7ccccc7C56C)cc2c43)c1. The van der Waals surface area contributed by atoms with Gasteiger partial charge in [-0.25, -0.2) is 0 Å². The maximum atomic E-state index is 2.83. The Kier molecular flexibility index (Phi) is 12.3. The smallest absolute Gasteiger partial charge is 0.252 e. The second-order valence-electron chi connectivity index (χ2n) is 30.0. The van der Waals surface area contributed by atoms with Gasteiger partial charge in [0.1, 0.15) is 0 Å². The summed E-state index contributed by atoms with van der Waals surface area (Å²) in [5, 5.41) is 0. The van der Waals surface area contributed by atoms with Crippen LogP contribution in [0.15, 0.2) is 194 Å². The zero-order valence-electron chi connectivity index (χ0n) is 52.3. The molecule has 418 valence electrons. The van der Waals surface area contributed by atoms with Crippen LogP contribution in [0.4, 0.5) is 45.5 Å². The molecule has 9 aromatic carbocycles. The van der Waals surface area contributed by atoms with Gasteiger partial charge in [0.05, 0.1) is 16.6 Å². The molecule has 0 amide bonds. The average molecular weight is 1090 g/mol. The Labute approximate surface area is 497 Å². The molecule has 83 heavy (non-hydrogen) atoms. The summed E-state index contributed by atoms with van der Waals surface area (Å²) in [5.74, 6) is 0. The van der Waals surface area contributed by atoms with Crippen LogP contribution < -0.4 is 31.1 Å². The molecule has 0 N–H and O–H groups in total. The highest BCUT2D eigenvalue weighted by Crippen LogP contribution is 2.67. The summed E-state index contributed by atoms with van der Waals surface area (Å²) < 4.78 is 0. The first-order valence-electron chi connectivity index (χ1n) is 30.7. The van der Waals surface area contributed by atoms with Gasteiger partial charge in [0, 0.05) is 45.4 Å². The number of nitrogens with zero attached hydrogens (tertiary/aromatic N) is 3. The van der Waals surface area contributed by atoms with Crippen LogP contribution in [0.3, 0.4) is 0 Å². The monoisotopic (exact) mass is 1090 g/mol. The molecule has 0 radical (unpaired) electrons. The van der Waals surface area contributed by atoms with Gasteiger partial charge in [0.2, 0.25) is 0 Å². The first kappa shape index (κ1) is 54.7. The van der Waals surface area contributed by atoms with E-state index in [0.29, 0.717) is 0 Å². The van der Waals surface area contributed by atoms with Crippen LogP contribution in [0, 0.1) is 0 Å². The van der Waals surface area contributed by atoms with E-state index in [0.717, 1.165) is 12.8 Å². The summed E-state index contributed by atoms with van der Waals surface area (Å²) in [7, 11) is 0. The van der Waals surface area contributed by atoms with Crippen LogP contribution in [0.25, 0.3) is 11.1 Å². The van der Waals surface area contributed by atoms with Crippen LogP contribution >= 0.6 is 0 Å². The fourth-order valence-corrected chi connectivity index (χ4v) is 14.9. The van der Waals surface area contributed by atoms with Crippen molar-refractivity contribution in [2.45, 2.75) is 162 Å². The quantitative estimate of drug-likeness (QED) is 0.159. The normalized spacial score (nSPS) is 18.3. The zero-order valence-corrected chi connectivity index (χ0v) is 52.3. The minimum atomic E-state index is -0.562. The molecule has 3 nitrogen and oxygen atoms in total. The average Bonchev–Trinajstić information content (AvgIpc) is 1.64. The lowest BCUT2D eigenvalue weighted by molar-refractivity contribution is 0.270. The number of rotatable bonds is 5. The van der Waals surface area contributed by atoms with Crippen molar-refractivity contribution in [3.63, 3.8) is 0 Å². The zero-order chi connectivity index (χ0) is 58.6. The first-order valence-corrected chi connectivity index (χ1v) is 30.7. The van der Waals surface area contributed by atoms with Crippen LogP contribution in [0.1, 0.15) is 167 Å². The molecular weight excluding hydrogens is 1000 g/mol. The fraction of sp³-hybridized carbons (Fsp3) is 0.316. The molecule has 0 spiro atoms. The van der Waals surface area contributed by atoms with E-state index in [1.165, 1.54) is 123 Å². The van der Waals surface area contributed by atoms with Crippen molar-refractivity contribution < 1.29 is 0 Å². The summed E-state index contributed by atoms with van der Waals surface area (Å²) >= 11 is 0. The molecule has 2 atom stereocenters. The largest absolute Gasteiger partial charge is 0.330 e. The predicted octanol–water partition coefficient (Wildman–Crippen LogP) is 19.2. The number of anilines is 8. The molecule has 3 heterocycles. The molecule has 0 fully saturated rings. The van der Waals surface area contributed by atoms with Gasteiger partial charge in [-0.15, -0.1) is 0 Å². The minimum Gasteiger partial charge on any atom is -0.330 e. The minimum absolute atomic E-state index is 0.0601. The lowest BCUT2D eigenvalue weighted by Crippen LogP contribution is -2.62. The molecule has 4 heteroatoms. The molecule has 1 aliphatic carbocycles. The van der Waals surface area contributed by atoms with E-state index in [4.69, 9.17) is 0 Å². The molecule has 0 saturated heterocycles. The Bertz CT molecular complexity index is 4040.